The number of amides is 1. The molecule has 2 nitrogen and oxygen atoms in total. The standard InChI is InChI=1S/C20H20BrNO/c1-3-14-7-5-6-8-17(14)19-13-22(20(23)4-2)12-15-9-10-16(21)11-18(15)19/h4-11,19H,2-3,12-13H2,1H3/t19-/m0/s1. The SMILES string of the molecule is C=CC(=O)N1Cc2ccc(Br)cc2[C@H](c2ccccc2CC)C1. The van der Waals surface area contributed by atoms with E-state index in [4.69, 9.17) is 0 Å². The lowest BCUT2D eigenvalue weighted by molar-refractivity contribution is -0.127. The van der Waals surface area contributed by atoms with Crippen molar-refractivity contribution in [3.63, 3.8) is 0 Å². The Morgan fingerprint density at radius 2 is 2.09 bits per heavy atom. The topological polar surface area (TPSA) is 20.3 Å². The average molecular weight is 370 g/mol. The maximum Gasteiger partial charge on any atom is 0.246 e. The second-order valence-electron chi connectivity index (χ2n) is 5.87. The molecule has 0 bridgehead atoms. The quantitative estimate of drug-likeness (QED) is 0.719. The van der Waals surface area contributed by atoms with Gasteiger partial charge in [-0.15, -0.1) is 0 Å². The van der Waals surface area contributed by atoms with Crippen molar-refractivity contribution in [3.8, 4) is 0 Å². The van der Waals surface area contributed by atoms with E-state index in [1.165, 1.54) is 28.3 Å². The molecule has 0 unspecified atom stereocenters. The maximum atomic E-state index is 12.2. The van der Waals surface area contributed by atoms with Crippen LogP contribution in [0, 0.1) is 0 Å². The fourth-order valence-corrected chi connectivity index (χ4v) is 3.76. The first-order valence-electron chi connectivity index (χ1n) is 7.91. The lowest BCUT2D eigenvalue weighted by Gasteiger charge is -2.35. The Bertz CT molecular complexity index is 753. The summed E-state index contributed by atoms with van der Waals surface area (Å²) < 4.78 is 1.08. The van der Waals surface area contributed by atoms with E-state index in [9.17, 15) is 4.79 Å². The molecule has 1 amide bonds. The van der Waals surface area contributed by atoms with E-state index in [0.29, 0.717) is 13.1 Å². The van der Waals surface area contributed by atoms with Gasteiger partial charge in [0.05, 0.1) is 0 Å². The molecule has 0 spiro atoms. The second-order valence-corrected chi connectivity index (χ2v) is 6.79. The van der Waals surface area contributed by atoms with Crippen LogP contribution in [0.15, 0.2) is 59.6 Å². The average Bonchev–Trinajstić information content (AvgIpc) is 2.60. The molecule has 1 aliphatic rings. The summed E-state index contributed by atoms with van der Waals surface area (Å²) in [7, 11) is 0. The Morgan fingerprint density at radius 1 is 1.30 bits per heavy atom. The van der Waals surface area contributed by atoms with Crippen molar-refractivity contribution in [2.24, 2.45) is 0 Å². The van der Waals surface area contributed by atoms with Crippen LogP contribution in [0.4, 0.5) is 0 Å². The first kappa shape index (κ1) is 16.0. The van der Waals surface area contributed by atoms with Crippen molar-refractivity contribution in [1.29, 1.82) is 0 Å². The molecule has 2 aromatic carbocycles. The van der Waals surface area contributed by atoms with Crippen LogP contribution in [0.1, 0.15) is 35.1 Å². The van der Waals surface area contributed by atoms with E-state index in [1.807, 2.05) is 11.0 Å². The molecule has 23 heavy (non-hydrogen) atoms. The van der Waals surface area contributed by atoms with Crippen LogP contribution in [-0.4, -0.2) is 17.4 Å². The number of hydrogen-bond donors (Lipinski definition) is 0. The summed E-state index contributed by atoms with van der Waals surface area (Å²) in [4.78, 5) is 14.1. The monoisotopic (exact) mass is 369 g/mol. The molecule has 1 heterocycles. The molecule has 2 aromatic rings. The van der Waals surface area contributed by atoms with Gasteiger partial charge in [0.2, 0.25) is 5.91 Å². The number of halogens is 1. The van der Waals surface area contributed by atoms with Gasteiger partial charge in [-0.05, 0) is 46.9 Å². The van der Waals surface area contributed by atoms with E-state index in [-0.39, 0.29) is 11.8 Å². The van der Waals surface area contributed by atoms with Gasteiger partial charge in [-0.3, -0.25) is 4.79 Å². The normalized spacial score (nSPS) is 16.8. The molecule has 0 aliphatic carbocycles. The maximum absolute atomic E-state index is 12.2. The number of nitrogens with zero attached hydrogens (tertiary/aromatic N) is 1. The van der Waals surface area contributed by atoms with Crippen molar-refractivity contribution in [2.45, 2.75) is 25.8 Å². The highest BCUT2D eigenvalue weighted by atomic mass is 79.9. The molecule has 0 saturated heterocycles. The van der Waals surface area contributed by atoms with Gasteiger partial charge >= 0.3 is 0 Å². The van der Waals surface area contributed by atoms with Gasteiger partial charge in [-0.1, -0.05) is 59.8 Å². The first-order chi connectivity index (χ1) is 11.1. The van der Waals surface area contributed by atoms with Crippen molar-refractivity contribution in [3.05, 3.63) is 81.8 Å². The molecular weight excluding hydrogens is 350 g/mol. The summed E-state index contributed by atoms with van der Waals surface area (Å²) in [5.41, 5.74) is 5.19. The molecule has 1 aliphatic heterocycles. The van der Waals surface area contributed by atoms with Gasteiger partial charge in [-0.25, -0.2) is 0 Å². The third-order valence-corrected chi connectivity index (χ3v) is 5.04. The Hall–Kier alpha value is -1.87. The lowest BCUT2D eigenvalue weighted by Crippen LogP contribution is -2.37. The Kier molecular flexibility index (Phi) is 4.67. The van der Waals surface area contributed by atoms with E-state index < -0.39 is 0 Å². The zero-order valence-corrected chi connectivity index (χ0v) is 14.8. The van der Waals surface area contributed by atoms with Crippen molar-refractivity contribution >= 4 is 21.8 Å². The molecule has 0 saturated carbocycles. The molecule has 118 valence electrons. The predicted molar refractivity (Wildman–Crippen MR) is 97.4 cm³/mol. The molecule has 3 heteroatoms. The van der Waals surface area contributed by atoms with Gasteiger partial charge < -0.3 is 4.90 Å². The van der Waals surface area contributed by atoms with Crippen molar-refractivity contribution < 1.29 is 4.79 Å². The van der Waals surface area contributed by atoms with Crippen molar-refractivity contribution in [2.75, 3.05) is 6.54 Å². The van der Waals surface area contributed by atoms with Crippen LogP contribution in [0.25, 0.3) is 0 Å². The molecule has 0 N–H and O–H groups in total. The third kappa shape index (κ3) is 3.11. The first-order valence-corrected chi connectivity index (χ1v) is 8.70. The summed E-state index contributed by atoms with van der Waals surface area (Å²) in [6.07, 6.45) is 2.40. The van der Waals surface area contributed by atoms with Crippen LogP contribution < -0.4 is 0 Å². The Labute approximate surface area is 146 Å². The molecule has 0 radical (unpaired) electrons. The van der Waals surface area contributed by atoms with Crippen LogP contribution >= 0.6 is 15.9 Å². The number of benzene rings is 2. The number of aryl methyl sites for hydroxylation is 1. The van der Waals surface area contributed by atoms with Crippen molar-refractivity contribution in [1.82, 2.24) is 4.90 Å². The van der Waals surface area contributed by atoms with E-state index in [2.05, 4.69) is 65.8 Å². The molecular formula is C20H20BrNO. The molecule has 0 fully saturated rings. The fourth-order valence-electron chi connectivity index (χ4n) is 3.38. The third-order valence-electron chi connectivity index (χ3n) is 4.55. The molecule has 1 atom stereocenters. The minimum atomic E-state index is -0.00227. The number of rotatable bonds is 3. The van der Waals surface area contributed by atoms with Crippen LogP contribution in [0.5, 0.6) is 0 Å². The van der Waals surface area contributed by atoms with E-state index in [0.717, 1.165) is 10.9 Å². The van der Waals surface area contributed by atoms with Gasteiger partial charge in [-0.2, -0.15) is 0 Å². The summed E-state index contributed by atoms with van der Waals surface area (Å²) in [6, 6.07) is 14.9. The number of carbonyl (C=O) groups excluding carboxylic acids is 1. The van der Waals surface area contributed by atoms with Crippen LogP contribution in [0.3, 0.4) is 0 Å². The van der Waals surface area contributed by atoms with E-state index in [1.54, 1.807) is 0 Å². The number of fused-ring (bicyclic) bond motifs is 1. The summed E-state index contributed by atoms with van der Waals surface area (Å²) >= 11 is 3.59. The number of hydrogen-bond acceptors (Lipinski definition) is 1. The van der Waals surface area contributed by atoms with Gasteiger partial charge in [0.15, 0.2) is 0 Å². The summed E-state index contributed by atoms with van der Waals surface area (Å²) in [5.74, 6) is 0.203. The highest BCUT2D eigenvalue weighted by Crippen LogP contribution is 2.36. The number of carbonyl (C=O) groups is 1. The highest BCUT2D eigenvalue weighted by molar-refractivity contribution is 9.10. The second kappa shape index (κ2) is 6.71. The Morgan fingerprint density at radius 3 is 2.83 bits per heavy atom. The summed E-state index contributed by atoms with van der Waals surface area (Å²) in [5, 5.41) is 0. The summed E-state index contributed by atoms with van der Waals surface area (Å²) in [6.45, 7) is 7.17. The molecule has 0 aromatic heterocycles. The minimum absolute atomic E-state index is 0.00227. The highest BCUT2D eigenvalue weighted by Gasteiger charge is 2.29. The fraction of sp³-hybridized carbons (Fsp3) is 0.250. The minimum Gasteiger partial charge on any atom is -0.334 e. The molecule has 3 rings (SSSR count). The van der Waals surface area contributed by atoms with Crippen LogP contribution in [0.2, 0.25) is 0 Å². The zero-order chi connectivity index (χ0) is 16.4. The van der Waals surface area contributed by atoms with E-state index >= 15 is 0 Å². The predicted octanol–water partition coefficient (Wildman–Crippen LogP) is 4.67. The van der Waals surface area contributed by atoms with Gasteiger partial charge in [0.25, 0.3) is 0 Å². The lowest BCUT2D eigenvalue weighted by atomic mass is 9.82. The Balaban J connectivity index is 2.12. The largest absolute Gasteiger partial charge is 0.334 e. The van der Waals surface area contributed by atoms with Gasteiger partial charge in [0.1, 0.15) is 0 Å². The zero-order valence-electron chi connectivity index (χ0n) is 13.3. The van der Waals surface area contributed by atoms with Crippen LogP contribution in [-0.2, 0) is 17.8 Å². The smallest absolute Gasteiger partial charge is 0.246 e. The van der Waals surface area contributed by atoms with Gasteiger partial charge in [0, 0.05) is 23.5 Å².